The zero-order valence-electron chi connectivity index (χ0n) is 11.9. The molecule has 4 N–H and O–H groups in total. The molecule has 0 aromatic heterocycles. The lowest BCUT2D eigenvalue weighted by Gasteiger charge is -2.10. The molecule has 0 radical (unpaired) electrons. The number of hydrogen-bond donors (Lipinski definition) is 3. The van der Waals surface area contributed by atoms with E-state index in [4.69, 9.17) is 5.14 Å². The fourth-order valence-corrected chi connectivity index (χ4v) is 2.21. The van der Waals surface area contributed by atoms with Crippen molar-refractivity contribution in [3.8, 4) is 0 Å². The second-order valence-corrected chi connectivity index (χ2v) is 6.36. The Labute approximate surface area is 142 Å². The number of guanidine groups is 1. The van der Waals surface area contributed by atoms with Crippen LogP contribution in [0.3, 0.4) is 0 Å². The topological polar surface area (TPSA) is 96.6 Å². The lowest BCUT2D eigenvalue weighted by atomic mass is 10.2. The third-order valence-electron chi connectivity index (χ3n) is 2.93. The predicted octanol–water partition coefficient (Wildman–Crippen LogP) is 1.17. The monoisotopic (exact) mass is 424 g/mol. The molecule has 1 aliphatic rings. The largest absolute Gasteiger partial charge is 0.357 e. The Balaban J connectivity index is 0.00000220. The third-order valence-corrected chi connectivity index (χ3v) is 3.86. The Kier molecular flexibility index (Phi) is 6.88. The van der Waals surface area contributed by atoms with Gasteiger partial charge < -0.3 is 10.6 Å². The zero-order valence-corrected chi connectivity index (χ0v) is 15.0. The van der Waals surface area contributed by atoms with Crippen molar-refractivity contribution in [3.05, 3.63) is 29.8 Å². The summed E-state index contributed by atoms with van der Waals surface area (Å²) in [5.41, 5.74) is 0.936. The highest BCUT2D eigenvalue weighted by Crippen LogP contribution is 2.18. The summed E-state index contributed by atoms with van der Waals surface area (Å²) in [6.07, 6.45) is 2.38. The summed E-state index contributed by atoms with van der Waals surface area (Å²) < 4.78 is 22.3. The number of nitrogens with zero attached hydrogens (tertiary/aromatic N) is 1. The van der Waals surface area contributed by atoms with Gasteiger partial charge in [-0.1, -0.05) is 12.1 Å². The minimum Gasteiger partial charge on any atom is -0.357 e. The van der Waals surface area contributed by atoms with Crippen LogP contribution in [0.15, 0.2) is 34.2 Å². The molecular weight excluding hydrogens is 403 g/mol. The van der Waals surface area contributed by atoms with Crippen LogP contribution in [0.1, 0.15) is 25.3 Å². The van der Waals surface area contributed by atoms with Crippen LogP contribution in [0.5, 0.6) is 0 Å². The van der Waals surface area contributed by atoms with Crippen molar-refractivity contribution in [3.63, 3.8) is 0 Å². The van der Waals surface area contributed by atoms with E-state index in [0.717, 1.165) is 18.1 Å². The van der Waals surface area contributed by atoms with Crippen LogP contribution in [0.4, 0.5) is 0 Å². The van der Waals surface area contributed by atoms with Crippen LogP contribution < -0.4 is 15.8 Å². The van der Waals surface area contributed by atoms with Crippen LogP contribution in [0, 0.1) is 0 Å². The van der Waals surface area contributed by atoms with Gasteiger partial charge in [0.25, 0.3) is 0 Å². The smallest absolute Gasteiger partial charge is 0.238 e. The Bertz CT molecular complexity index is 583. The summed E-state index contributed by atoms with van der Waals surface area (Å²) in [5, 5.41) is 11.6. The molecule has 1 saturated carbocycles. The van der Waals surface area contributed by atoms with Crippen molar-refractivity contribution in [1.29, 1.82) is 0 Å². The molecule has 1 aromatic rings. The molecule has 1 fully saturated rings. The molecule has 0 unspecified atom stereocenters. The van der Waals surface area contributed by atoms with E-state index in [9.17, 15) is 8.42 Å². The van der Waals surface area contributed by atoms with Gasteiger partial charge in [0, 0.05) is 12.6 Å². The summed E-state index contributed by atoms with van der Waals surface area (Å²) in [5.74, 6) is 0.797. The van der Waals surface area contributed by atoms with Gasteiger partial charge in [-0.05, 0) is 37.5 Å². The average molecular weight is 424 g/mol. The van der Waals surface area contributed by atoms with E-state index in [0.29, 0.717) is 12.6 Å². The van der Waals surface area contributed by atoms with Crippen LogP contribution in [0.25, 0.3) is 0 Å². The molecular formula is C13H21IN4O2S. The number of aliphatic imine (C=N–C) groups is 1. The normalized spacial score (nSPS) is 15.2. The van der Waals surface area contributed by atoms with Gasteiger partial charge in [-0.25, -0.2) is 18.5 Å². The van der Waals surface area contributed by atoms with E-state index >= 15 is 0 Å². The summed E-state index contributed by atoms with van der Waals surface area (Å²) >= 11 is 0. The molecule has 0 bridgehead atoms. The Hall–Kier alpha value is -0.870. The van der Waals surface area contributed by atoms with Gasteiger partial charge in [-0.15, -0.1) is 24.0 Å². The maximum absolute atomic E-state index is 11.2. The molecule has 0 aliphatic heterocycles. The second-order valence-electron chi connectivity index (χ2n) is 4.80. The van der Waals surface area contributed by atoms with E-state index in [-0.39, 0.29) is 28.9 Å². The molecule has 1 aliphatic carbocycles. The van der Waals surface area contributed by atoms with Crippen LogP contribution in [-0.2, 0) is 16.6 Å². The van der Waals surface area contributed by atoms with E-state index in [2.05, 4.69) is 15.6 Å². The van der Waals surface area contributed by atoms with Crippen LogP contribution in [-0.4, -0.2) is 27.0 Å². The standard InChI is InChI=1S/C13H20N4O2S.HI/c1-2-15-13(17-11-5-6-11)16-9-10-3-7-12(8-4-10)20(14,18)19;/h3-4,7-8,11H,2,5-6,9H2,1H3,(H2,14,18,19)(H2,15,16,17);1H. The minimum atomic E-state index is -3.63. The molecule has 0 spiro atoms. The first-order valence-electron chi connectivity index (χ1n) is 6.65. The lowest BCUT2D eigenvalue weighted by Crippen LogP contribution is -2.38. The fourth-order valence-electron chi connectivity index (χ4n) is 1.70. The molecule has 2 rings (SSSR count). The molecule has 118 valence electrons. The zero-order chi connectivity index (χ0) is 14.6. The maximum atomic E-state index is 11.2. The van der Waals surface area contributed by atoms with Gasteiger partial charge in [-0.2, -0.15) is 0 Å². The fraction of sp³-hybridized carbons (Fsp3) is 0.462. The van der Waals surface area contributed by atoms with Crippen LogP contribution >= 0.6 is 24.0 Å². The average Bonchev–Trinajstić information content (AvgIpc) is 3.20. The molecule has 6 nitrogen and oxygen atoms in total. The van der Waals surface area contributed by atoms with Gasteiger partial charge in [-0.3, -0.25) is 0 Å². The van der Waals surface area contributed by atoms with Crippen molar-refractivity contribution < 1.29 is 8.42 Å². The van der Waals surface area contributed by atoms with Crippen LogP contribution in [0.2, 0.25) is 0 Å². The first kappa shape index (κ1) is 18.2. The van der Waals surface area contributed by atoms with E-state index in [1.54, 1.807) is 12.1 Å². The van der Waals surface area contributed by atoms with E-state index in [1.807, 2.05) is 6.92 Å². The van der Waals surface area contributed by atoms with Crippen molar-refractivity contribution in [1.82, 2.24) is 10.6 Å². The SMILES string of the molecule is CCNC(=NCc1ccc(S(N)(=O)=O)cc1)NC1CC1.I. The van der Waals surface area contributed by atoms with Crippen molar-refractivity contribution in [2.24, 2.45) is 10.1 Å². The van der Waals surface area contributed by atoms with E-state index in [1.165, 1.54) is 25.0 Å². The van der Waals surface area contributed by atoms with Crippen molar-refractivity contribution >= 4 is 40.0 Å². The maximum Gasteiger partial charge on any atom is 0.238 e. The van der Waals surface area contributed by atoms with Gasteiger partial charge in [0.15, 0.2) is 5.96 Å². The Morgan fingerprint density at radius 1 is 1.33 bits per heavy atom. The summed E-state index contributed by atoms with van der Waals surface area (Å²) in [7, 11) is -3.63. The quantitative estimate of drug-likeness (QED) is 0.376. The van der Waals surface area contributed by atoms with Crippen molar-refractivity contribution in [2.75, 3.05) is 6.54 Å². The predicted molar refractivity (Wildman–Crippen MR) is 94.2 cm³/mol. The highest BCUT2D eigenvalue weighted by atomic mass is 127. The first-order chi connectivity index (χ1) is 9.49. The Morgan fingerprint density at radius 2 is 1.95 bits per heavy atom. The van der Waals surface area contributed by atoms with Gasteiger partial charge in [0.05, 0.1) is 11.4 Å². The van der Waals surface area contributed by atoms with Gasteiger partial charge in [0.1, 0.15) is 0 Å². The summed E-state index contributed by atoms with van der Waals surface area (Å²) in [6, 6.07) is 6.99. The first-order valence-corrected chi connectivity index (χ1v) is 8.20. The highest BCUT2D eigenvalue weighted by molar-refractivity contribution is 14.0. The van der Waals surface area contributed by atoms with Gasteiger partial charge >= 0.3 is 0 Å². The molecule has 21 heavy (non-hydrogen) atoms. The number of halogens is 1. The second kappa shape index (κ2) is 7.95. The van der Waals surface area contributed by atoms with Crippen molar-refractivity contribution in [2.45, 2.75) is 37.2 Å². The molecule has 0 heterocycles. The third kappa shape index (κ3) is 6.18. The number of hydrogen-bond acceptors (Lipinski definition) is 3. The van der Waals surface area contributed by atoms with Gasteiger partial charge in [0.2, 0.25) is 10.0 Å². The highest BCUT2D eigenvalue weighted by Gasteiger charge is 2.21. The molecule has 0 amide bonds. The molecule has 8 heteroatoms. The summed E-state index contributed by atoms with van der Waals surface area (Å²) in [4.78, 5) is 4.59. The molecule has 1 aromatic carbocycles. The Morgan fingerprint density at radius 3 is 2.43 bits per heavy atom. The number of rotatable bonds is 5. The number of benzene rings is 1. The number of nitrogens with one attached hydrogen (secondary N) is 2. The van der Waals surface area contributed by atoms with E-state index < -0.39 is 10.0 Å². The molecule has 0 atom stereocenters. The summed E-state index contributed by atoms with van der Waals surface area (Å²) in [6.45, 7) is 3.32. The minimum absolute atomic E-state index is 0. The number of primary sulfonamides is 1. The number of sulfonamides is 1. The molecule has 0 saturated heterocycles. The lowest BCUT2D eigenvalue weighted by molar-refractivity contribution is 0.598. The number of nitrogens with two attached hydrogens (primary N) is 1.